The number of aliphatic hydroxyl groups excluding tert-OH is 1. The first-order valence-corrected chi connectivity index (χ1v) is 9.99. The van der Waals surface area contributed by atoms with E-state index in [1.54, 1.807) is 20.3 Å². The molecule has 7 heteroatoms. The summed E-state index contributed by atoms with van der Waals surface area (Å²) in [5, 5.41) is 10.3. The van der Waals surface area contributed by atoms with Crippen molar-refractivity contribution in [1.29, 1.82) is 0 Å². The van der Waals surface area contributed by atoms with E-state index in [0.29, 0.717) is 31.2 Å². The van der Waals surface area contributed by atoms with Gasteiger partial charge in [-0.05, 0) is 51.0 Å². The molecule has 30 heavy (non-hydrogen) atoms. The molecule has 2 aromatic rings. The lowest BCUT2D eigenvalue weighted by atomic mass is 10.2. The van der Waals surface area contributed by atoms with Gasteiger partial charge in [-0.2, -0.15) is 0 Å². The predicted molar refractivity (Wildman–Crippen MR) is 118 cm³/mol. The van der Waals surface area contributed by atoms with Crippen LogP contribution in [0.5, 0.6) is 23.0 Å². The normalized spacial score (nSPS) is 12.1. The van der Waals surface area contributed by atoms with E-state index in [4.69, 9.17) is 18.9 Å². The Hall–Kier alpha value is -2.48. The van der Waals surface area contributed by atoms with Crippen LogP contribution in [0, 0.1) is 0 Å². The van der Waals surface area contributed by atoms with Gasteiger partial charge in [-0.3, -0.25) is 4.90 Å². The second-order valence-corrected chi connectivity index (χ2v) is 7.48. The Morgan fingerprint density at radius 3 is 2.37 bits per heavy atom. The van der Waals surface area contributed by atoms with Crippen molar-refractivity contribution in [3.63, 3.8) is 0 Å². The maximum atomic E-state index is 10.3. The fraction of sp³-hybridized carbons (Fsp3) is 0.478. The molecule has 0 aliphatic heterocycles. The molecule has 2 rings (SSSR count). The van der Waals surface area contributed by atoms with E-state index in [9.17, 15) is 5.11 Å². The van der Waals surface area contributed by atoms with Crippen molar-refractivity contribution in [1.82, 2.24) is 9.80 Å². The summed E-state index contributed by atoms with van der Waals surface area (Å²) in [5.41, 5.74) is 1.08. The van der Waals surface area contributed by atoms with Gasteiger partial charge in [0.05, 0.1) is 14.2 Å². The maximum absolute atomic E-state index is 10.3. The first-order chi connectivity index (χ1) is 14.4. The molecule has 0 bridgehead atoms. The van der Waals surface area contributed by atoms with E-state index in [-0.39, 0.29) is 6.61 Å². The molecule has 0 heterocycles. The summed E-state index contributed by atoms with van der Waals surface area (Å²) in [6.07, 6.45) is -0.614. The number of hydrogen-bond acceptors (Lipinski definition) is 7. The highest BCUT2D eigenvalue weighted by Gasteiger charge is 2.12. The minimum Gasteiger partial charge on any atom is -0.497 e. The van der Waals surface area contributed by atoms with Crippen LogP contribution >= 0.6 is 0 Å². The van der Waals surface area contributed by atoms with Crippen LogP contribution in [0.2, 0.25) is 0 Å². The highest BCUT2D eigenvalue weighted by atomic mass is 16.5. The van der Waals surface area contributed by atoms with Gasteiger partial charge in [0.15, 0.2) is 11.5 Å². The lowest BCUT2D eigenvalue weighted by Crippen LogP contribution is -2.32. The van der Waals surface area contributed by atoms with E-state index >= 15 is 0 Å². The largest absolute Gasteiger partial charge is 0.497 e. The topological polar surface area (TPSA) is 63.6 Å². The van der Waals surface area contributed by atoms with Gasteiger partial charge in [0, 0.05) is 25.7 Å². The number of methoxy groups -OCH3 is 2. The number of benzene rings is 2. The van der Waals surface area contributed by atoms with E-state index < -0.39 is 6.10 Å². The average Bonchev–Trinajstić information content (AvgIpc) is 2.73. The van der Waals surface area contributed by atoms with Crippen LogP contribution in [0.15, 0.2) is 42.5 Å². The van der Waals surface area contributed by atoms with Gasteiger partial charge < -0.3 is 29.0 Å². The van der Waals surface area contributed by atoms with Crippen LogP contribution in [0.3, 0.4) is 0 Å². The van der Waals surface area contributed by atoms with Crippen LogP contribution in [0.4, 0.5) is 0 Å². The second-order valence-electron chi connectivity index (χ2n) is 7.48. The summed E-state index contributed by atoms with van der Waals surface area (Å²) < 4.78 is 22.1. The van der Waals surface area contributed by atoms with Gasteiger partial charge in [-0.25, -0.2) is 0 Å². The van der Waals surface area contributed by atoms with Crippen molar-refractivity contribution in [2.24, 2.45) is 0 Å². The Balaban J connectivity index is 1.83. The van der Waals surface area contributed by atoms with E-state index in [2.05, 4.69) is 4.90 Å². The summed E-state index contributed by atoms with van der Waals surface area (Å²) >= 11 is 0. The van der Waals surface area contributed by atoms with Crippen LogP contribution in [-0.2, 0) is 6.54 Å². The standard InChI is InChI=1S/C23H34N2O5/c1-24(2)11-12-29-22-10-9-18(13-23(22)28-5)15-25(3)16-19(26)17-30-21-8-6-7-20(14-21)27-4/h6-10,13-14,19,26H,11-12,15-17H2,1-5H3. The fourth-order valence-corrected chi connectivity index (χ4v) is 2.94. The van der Waals surface area contributed by atoms with Gasteiger partial charge in [0.1, 0.15) is 30.8 Å². The summed E-state index contributed by atoms with van der Waals surface area (Å²) in [6.45, 7) is 2.79. The van der Waals surface area contributed by atoms with Crippen LogP contribution < -0.4 is 18.9 Å². The molecule has 1 atom stereocenters. The van der Waals surface area contributed by atoms with Crippen molar-refractivity contribution in [2.75, 3.05) is 61.7 Å². The van der Waals surface area contributed by atoms with Crippen molar-refractivity contribution >= 4 is 0 Å². The Kier molecular flexibility index (Phi) is 9.73. The molecule has 0 spiro atoms. The lowest BCUT2D eigenvalue weighted by molar-refractivity contribution is 0.0743. The minimum atomic E-state index is -0.614. The predicted octanol–water partition coefficient (Wildman–Crippen LogP) is 2.52. The molecule has 0 saturated heterocycles. The molecular formula is C23H34N2O5. The molecule has 0 aliphatic rings. The number of likely N-dealkylation sites (N-methyl/N-ethyl adjacent to an activating group) is 2. The van der Waals surface area contributed by atoms with Crippen LogP contribution in [0.25, 0.3) is 0 Å². The van der Waals surface area contributed by atoms with Gasteiger partial charge in [-0.15, -0.1) is 0 Å². The molecule has 7 nitrogen and oxygen atoms in total. The van der Waals surface area contributed by atoms with E-state index in [0.717, 1.165) is 23.6 Å². The summed E-state index contributed by atoms with van der Waals surface area (Å²) in [6, 6.07) is 13.3. The Labute approximate surface area is 179 Å². The Morgan fingerprint density at radius 1 is 0.900 bits per heavy atom. The SMILES string of the molecule is COc1cccc(OCC(O)CN(C)Cc2ccc(OCCN(C)C)c(OC)c2)c1. The van der Waals surface area contributed by atoms with Crippen molar-refractivity contribution in [2.45, 2.75) is 12.6 Å². The highest BCUT2D eigenvalue weighted by Crippen LogP contribution is 2.28. The molecule has 0 aromatic heterocycles. The van der Waals surface area contributed by atoms with Crippen LogP contribution in [0.1, 0.15) is 5.56 Å². The highest BCUT2D eigenvalue weighted by molar-refractivity contribution is 5.43. The Morgan fingerprint density at radius 2 is 1.67 bits per heavy atom. The van der Waals surface area contributed by atoms with Gasteiger partial charge in [0.2, 0.25) is 0 Å². The van der Waals surface area contributed by atoms with Crippen LogP contribution in [-0.4, -0.2) is 82.7 Å². The zero-order chi connectivity index (χ0) is 21.9. The molecule has 0 saturated carbocycles. The summed E-state index contributed by atoms with van der Waals surface area (Å²) in [5.74, 6) is 2.84. The zero-order valence-electron chi connectivity index (χ0n) is 18.6. The summed E-state index contributed by atoms with van der Waals surface area (Å²) in [7, 11) is 9.23. The molecule has 0 radical (unpaired) electrons. The number of rotatable bonds is 13. The van der Waals surface area contributed by atoms with Gasteiger partial charge >= 0.3 is 0 Å². The maximum Gasteiger partial charge on any atom is 0.161 e. The Bertz CT molecular complexity index is 769. The summed E-state index contributed by atoms with van der Waals surface area (Å²) in [4.78, 5) is 4.11. The first kappa shape index (κ1) is 23.8. The zero-order valence-corrected chi connectivity index (χ0v) is 18.6. The number of nitrogens with zero attached hydrogens (tertiary/aromatic N) is 2. The first-order valence-electron chi connectivity index (χ1n) is 9.99. The third-order valence-corrected chi connectivity index (χ3v) is 4.48. The smallest absolute Gasteiger partial charge is 0.161 e. The molecule has 0 aliphatic carbocycles. The molecule has 0 fully saturated rings. The van der Waals surface area contributed by atoms with E-state index in [1.807, 2.05) is 62.4 Å². The third kappa shape index (κ3) is 8.10. The molecule has 1 unspecified atom stereocenters. The third-order valence-electron chi connectivity index (χ3n) is 4.48. The molecular weight excluding hydrogens is 384 g/mol. The molecule has 166 valence electrons. The number of aliphatic hydroxyl groups is 1. The molecule has 0 amide bonds. The monoisotopic (exact) mass is 418 g/mol. The second kappa shape index (κ2) is 12.3. The number of hydrogen-bond donors (Lipinski definition) is 1. The quantitative estimate of drug-likeness (QED) is 0.536. The number of ether oxygens (including phenoxy) is 4. The molecule has 1 N–H and O–H groups in total. The average molecular weight is 419 g/mol. The van der Waals surface area contributed by atoms with Crippen molar-refractivity contribution in [3.8, 4) is 23.0 Å². The fourth-order valence-electron chi connectivity index (χ4n) is 2.94. The van der Waals surface area contributed by atoms with Crippen molar-refractivity contribution in [3.05, 3.63) is 48.0 Å². The van der Waals surface area contributed by atoms with Gasteiger partial charge in [0.25, 0.3) is 0 Å². The minimum absolute atomic E-state index is 0.208. The van der Waals surface area contributed by atoms with Gasteiger partial charge in [-0.1, -0.05) is 12.1 Å². The van der Waals surface area contributed by atoms with E-state index in [1.165, 1.54) is 0 Å². The lowest BCUT2D eigenvalue weighted by Gasteiger charge is -2.21. The molecule has 2 aromatic carbocycles. The van der Waals surface area contributed by atoms with Crippen molar-refractivity contribution < 1.29 is 24.1 Å².